The number of aromatic nitrogens is 1. The van der Waals surface area contributed by atoms with Gasteiger partial charge in [-0.2, -0.15) is 13.2 Å². The van der Waals surface area contributed by atoms with Crippen molar-refractivity contribution in [3.63, 3.8) is 0 Å². The number of carbonyl (C=O) groups excluding carboxylic acids is 2. The zero-order chi connectivity index (χ0) is 30.8. The van der Waals surface area contributed by atoms with Gasteiger partial charge in [0.15, 0.2) is 0 Å². The van der Waals surface area contributed by atoms with Crippen molar-refractivity contribution in [3.8, 4) is 0 Å². The molecule has 0 spiro atoms. The second kappa shape index (κ2) is 12.6. The van der Waals surface area contributed by atoms with E-state index in [2.05, 4.69) is 9.98 Å². The number of aliphatic imine (C=N–C) groups is 1. The number of carbonyl (C=O) groups is 2. The molecular formula is C28H37Cl2F3N4O4. The van der Waals surface area contributed by atoms with Crippen LogP contribution >= 0.6 is 23.2 Å². The average Bonchev–Trinajstić information content (AvgIpc) is 2.88. The second-order valence-corrected chi connectivity index (χ2v) is 13.0. The molecule has 8 nitrogen and oxygen atoms in total. The summed E-state index contributed by atoms with van der Waals surface area (Å²) in [6.07, 6.45) is -1.67. The third-order valence-electron chi connectivity index (χ3n) is 7.88. The molecule has 1 heterocycles. The lowest BCUT2D eigenvalue weighted by Crippen LogP contribution is -2.52. The molecule has 1 aromatic rings. The van der Waals surface area contributed by atoms with Crippen LogP contribution in [0, 0.1) is 22.2 Å². The van der Waals surface area contributed by atoms with Crippen LogP contribution in [0.25, 0.3) is 0 Å². The van der Waals surface area contributed by atoms with Gasteiger partial charge in [-0.25, -0.2) is 0 Å². The molecule has 0 aliphatic heterocycles. The molecule has 2 unspecified atom stereocenters. The lowest BCUT2D eigenvalue weighted by atomic mass is 9.57. The van der Waals surface area contributed by atoms with E-state index in [9.17, 15) is 27.9 Å². The SMILES string of the molecule is CCOC(=O)C12CCC(N=C(C(C=N)C(=O)N(CC(O)c3c(Cl)cncc3Cl)CC(C)(C)C)C(F)(F)F)(CC1)CC2. The molecule has 3 aliphatic carbocycles. The molecule has 13 heteroatoms. The van der Waals surface area contributed by atoms with Gasteiger partial charge in [-0.1, -0.05) is 44.0 Å². The maximum atomic E-state index is 14.6. The van der Waals surface area contributed by atoms with E-state index in [-0.39, 0.29) is 54.0 Å². The maximum absolute atomic E-state index is 14.6. The first-order valence-corrected chi connectivity index (χ1v) is 14.3. The largest absolute Gasteiger partial charge is 0.466 e. The Kier molecular flexibility index (Phi) is 10.2. The molecule has 2 bridgehead atoms. The smallest absolute Gasteiger partial charge is 0.430 e. The fourth-order valence-corrected chi connectivity index (χ4v) is 6.41. The second-order valence-electron chi connectivity index (χ2n) is 12.2. The number of alkyl halides is 3. The number of hydrogen-bond acceptors (Lipinski definition) is 7. The van der Waals surface area contributed by atoms with Gasteiger partial charge in [0, 0.05) is 30.7 Å². The minimum Gasteiger partial charge on any atom is -0.466 e. The number of fused-ring (bicyclic) bond motifs is 3. The molecule has 1 aromatic heterocycles. The molecule has 41 heavy (non-hydrogen) atoms. The Balaban J connectivity index is 1.95. The zero-order valence-electron chi connectivity index (χ0n) is 23.7. The van der Waals surface area contributed by atoms with E-state index in [1.54, 1.807) is 27.7 Å². The van der Waals surface area contributed by atoms with E-state index in [4.69, 9.17) is 33.3 Å². The number of pyridine rings is 1. The predicted molar refractivity (Wildman–Crippen MR) is 151 cm³/mol. The summed E-state index contributed by atoms with van der Waals surface area (Å²) in [5.41, 5.74) is -3.62. The Morgan fingerprint density at radius 2 is 1.68 bits per heavy atom. The van der Waals surface area contributed by atoms with E-state index < -0.39 is 52.7 Å². The van der Waals surface area contributed by atoms with Crippen molar-refractivity contribution in [2.45, 2.75) is 84.0 Å². The lowest BCUT2D eigenvalue weighted by Gasteiger charge is -2.50. The zero-order valence-corrected chi connectivity index (χ0v) is 25.2. The highest BCUT2D eigenvalue weighted by atomic mass is 35.5. The molecule has 2 N–H and O–H groups in total. The highest BCUT2D eigenvalue weighted by Gasteiger charge is 2.55. The summed E-state index contributed by atoms with van der Waals surface area (Å²) in [4.78, 5) is 35.5. The molecule has 0 saturated heterocycles. The third kappa shape index (κ3) is 7.59. The Bertz CT molecular complexity index is 1140. The summed E-state index contributed by atoms with van der Waals surface area (Å²) in [5.74, 6) is -3.37. The topological polar surface area (TPSA) is 116 Å². The average molecular weight is 622 g/mol. The van der Waals surface area contributed by atoms with E-state index in [1.807, 2.05) is 0 Å². The fraction of sp³-hybridized carbons (Fsp3) is 0.679. The normalized spacial score (nSPS) is 24.5. The third-order valence-corrected chi connectivity index (χ3v) is 8.49. The molecule has 1 amide bonds. The van der Waals surface area contributed by atoms with Crippen LogP contribution in [-0.2, 0) is 14.3 Å². The molecule has 3 fully saturated rings. The van der Waals surface area contributed by atoms with Crippen molar-refractivity contribution in [1.82, 2.24) is 9.88 Å². The Morgan fingerprint density at radius 1 is 1.15 bits per heavy atom. The van der Waals surface area contributed by atoms with Crippen LogP contribution in [0.4, 0.5) is 13.2 Å². The maximum Gasteiger partial charge on any atom is 0.430 e. The number of nitrogens with zero attached hydrogens (tertiary/aromatic N) is 3. The van der Waals surface area contributed by atoms with Crippen molar-refractivity contribution in [1.29, 1.82) is 5.41 Å². The molecule has 228 valence electrons. The number of aliphatic hydroxyl groups excluding tert-OH is 1. The highest BCUT2D eigenvalue weighted by molar-refractivity contribution is 6.35. The Hall–Kier alpha value is -2.24. The first-order chi connectivity index (χ1) is 19.0. The van der Waals surface area contributed by atoms with E-state index in [0.29, 0.717) is 25.5 Å². The van der Waals surface area contributed by atoms with Crippen LogP contribution in [-0.4, -0.2) is 70.2 Å². The molecular weight excluding hydrogens is 584 g/mol. The number of hydrogen-bond donors (Lipinski definition) is 2. The number of nitrogens with one attached hydrogen (secondary N) is 1. The lowest BCUT2D eigenvalue weighted by molar-refractivity contribution is -0.162. The van der Waals surface area contributed by atoms with E-state index in [1.165, 1.54) is 12.4 Å². The van der Waals surface area contributed by atoms with Gasteiger partial charge in [-0.3, -0.25) is 19.6 Å². The van der Waals surface area contributed by atoms with Gasteiger partial charge in [0.1, 0.15) is 11.6 Å². The summed E-state index contributed by atoms with van der Waals surface area (Å²) in [6, 6.07) is 0. The minimum atomic E-state index is -5.00. The minimum absolute atomic E-state index is 0.0219. The van der Waals surface area contributed by atoms with Gasteiger partial charge in [-0.15, -0.1) is 0 Å². The Labute approximate surface area is 248 Å². The molecule has 4 rings (SSSR count). The van der Waals surface area contributed by atoms with Crippen LogP contribution in [0.5, 0.6) is 0 Å². The van der Waals surface area contributed by atoms with Gasteiger partial charge in [0.2, 0.25) is 5.91 Å². The van der Waals surface area contributed by atoms with Crippen molar-refractivity contribution in [2.24, 2.45) is 21.7 Å². The first kappa shape index (κ1) is 33.3. The fourth-order valence-electron chi connectivity index (χ4n) is 5.80. The van der Waals surface area contributed by atoms with Gasteiger partial charge < -0.3 is 20.2 Å². The number of esters is 1. The van der Waals surface area contributed by atoms with Crippen LogP contribution in [0.15, 0.2) is 17.4 Å². The van der Waals surface area contributed by atoms with Crippen LogP contribution in [0.1, 0.15) is 77.9 Å². The van der Waals surface area contributed by atoms with Gasteiger partial charge in [-0.05, 0) is 50.9 Å². The quantitative estimate of drug-likeness (QED) is 0.238. The van der Waals surface area contributed by atoms with Crippen LogP contribution in [0.3, 0.4) is 0 Å². The number of aliphatic hydroxyl groups is 1. The van der Waals surface area contributed by atoms with Crippen LogP contribution < -0.4 is 0 Å². The summed E-state index contributed by atoms with van der Waals surface area (Å²) < 4.78 is 48.9. The van der Waals surface area contributed by atoms with E-state index >= 15 is 0 Å². The van der Waals surface area contributed by atoms with Crippen LogP contribution in [0.2, 0.25) is 10.0 Å². The van der Waals surface area contributed by atoms with Gasteiger partial charge in [0.05, 0.1) is 40.3 Å². The van der Waals surface area contributed by atoms with Crippen molar-refractivity contribution in [3.05, 3.63) is 28.0 Å². The molecule has 3 saturated carbocycles. The number of amides is 1. The standard InChI is InChI=1S/C28H37Cl2F3N4O4/c1-5-41-24(40)26-6-9-27(10-7-26,11-8-26)36-22(28(31,32)33)17(12-34)23(39)37(16-25(2,3)4)15-20(38)21-18(29)13-35-14-19(21)30/h12-14,17,20,34,38H,5-11,15-16H2,1-4H3. The summed E-state index contributed by atoms with van der Waals surface area (Å²) >= 11 is 12.3. The monoisotopic (exact) mass is 620 g/mol. The molecule has 3 aliphatic rings. The molecule has 0 aromatic carbocycles. The highest BCUT2D eigenvalue weighted by Crippen LogP contribution is 2.55. The summed E-state index contributed by atoms with van der Waals surface area (Å²) in [5, 5.41) is 18.9. The van der Waals surface area contributed by atoms with Gasteiger partial charge in [0.25, 0.3) is 0 Å². The summed E-state index contributed by atoms with van der Waals surface area (Å²) in [7, 11) is 0. The van der Waals surface area contributed by atoms with Crippen molar-refractivity contribution < 1.29 is 32.6 Å². The predicted octanol–water partition coefficient (Wildman–Crippen LogP) is 6.22. The van der Waals surface area contributed by atoms with Crippen molar-refractivity contribution in [2.75, 3.05) is 19.7 Å². The molecule has 0 radical (unpaired) electrons. The first-order valence-electron chi connectivity index (χ1n) is 13.6. The molecule has 2 atom stereocenters. The summed E-state index contributed by atoms with van der Waals surface area (Å²) in [6.45, 7) is 6.88. The number of ether oxygens (including phenoxy) is 1. The number of halogens is 5. The van der Waals surface area contributed by atoms with Gasteiger partial charge >= 0.3 is 12.1 Å². The van der Waals surface area contributed by atoms with Crippen molar-refractivity contribution >= 4 is 47.0 Å². The van der Waals surface area contributed by atoms with E-state index in [0.717, 1.165) is 4.90 Å². The Morgan fingerprint density at radius 3 is 2.12 bits per heavy atom. The number of rotatable bonds is 10.